The van der Waals surface area contributed by atoms with E-state index in [1.807, 2.05) is 13.8 Å². The molecule has 2 N–H and O–H groups in total. The van der Waals surface area contributed by atoms with Gasteiger partial charge < -0.3 is 14.9 Å². The number of carbonyl (C=O) groups excluding carboxylic acids is 1. The van der Waals surface area contributed by atoms with Crippen molar-refractivity contribution in [2.24, 2.45) is 11.8 Å². The van der Waals surface area contributed by atoms with Crippen LogP contribution < -0.4 is 5.32 Å². The van der Waals surface area contributed by atoms with Gasteiger partial charge in [-0.3, -0.25) is 9.59 Å². The third kappa shape index (κ3) is 2.23. The maximum atomic E-state index is 11.8. The molecule has 0 spiro atoms. The van der Waals surface area contributed by atoms with Gasteiger partial charge in [0.2, 0.25) is 5.91 Å². The third-order valence-corrected chi connectivity index (χ3v) is 3.32. The highest BCUT2D eigenvalue weighted by Crippen LogP contribution is 2.39. The van der Waals surface area contributed by atoms with E-state index in [2.05, 4.69) is 10.5 Å². The van der Waals surface area contributed by atoms with E-state index in [1.54, 1.807) is 6.92 Å². The second-order valence-corrected chi connectivity index (χ2v) is 4.76. The van der Waals surface area contributed by atoms with Crippen LogP contribution in [0.25, 0.3) is 0 Å². The molecule has 0 bridgehead atoms. The van der Waals surface area contributed by atoms with Gasteiger partial charge >= 0.3 is 5.97 Å². The highest BCUT2D eigenvalue weighted by Gasteiger charge is 2.48. The number of nitrogens with one attached hydrogen (secondary N) is 1. The Morgan fingerprint density at radius 3 is 2.56 bits per heavy atom. The molecule has 1 saturated carbocycles. The zero-order valence-electron chi connectivity index (χ0n) is 10.6. The first kappa shape index (κ1) is 12.6. The Labute approximate surface area is 104 Å². The number of nitrogens with zero attached hydrogens (tertiary/aromatic N) is 1. The molecule has 0 aromatic carbocycles. The van der Waals surface area contributed by atoms with Gasteiger partial charge in [0, 0.05) is 5.56 Å². The van der Waals surface area contributed by atoms with Gasteiger partial charge in [0.25, 0.3) is 0 Å². The monoisotopic (exact) mass is 252 g/mol. The van der Waals surface area contributed by atoms with Gasteiger partial charge in [-0.1, -0.05) is 5.16 Å². The molecule has 6 nitrogen and oxygen atoms in total. The van der Waals surface area contributed by atoms with Crippen molar-refractivity contribution in [3.05, 3.63) is 17.0 Å². The van der Waals surface area contributed by atoms with Crippen molar-refractivity contribution in [3.63, 3.8) is 0 Å². The molecule has 1 aliphatic carbocycles. The second-order valence-electron chi connectivity index (χ2n) is 4.76. The van der Waals surface area contributed by atoms with E-state index in [9.17, 15) is 9.59 Å². The fraction of sp³-hybridized carbons (Fsp3) is 0.583. The van der Waals surface area contributed by atoms with Crippen LogP contribution in [-0.2, 0) is 9.59 Å². The highest BCUT2D eigenvalue weighted by molar-refractivity contribution is 5.89. The minimum absolute atomic E-state index is 0.213. The summed E-state index contributed by atoms with van der Waals surface area (Å²) in [6.45, 7) is 5.43. The Morgan fingerprint density at radius 1 is 1.44 bits per heavy atom. The molecule has 3 atom stereocenters. The molecule has 0 radical (unpaired) electrons. The van der Waals surface area contributed by atoms with Gasteiger partial charge in [-0.2, -0.15) is 0 Å². The molecule has 6 heteroatoms. The molecule has 1 aromatic heterocycles. The Bertz CT molecular complexity index is 475. The van der Waals surface area contributed by atoms with Crippen molar-refractivity contribution in [2.45, 2.75) is 33.2 Å². The molecule has 1 aliphatic rings. The van der Waals surface area contributed by atoms with Gasteiger partial charge in [0.1, 0.15) is 5.76 Å². The Kier molecular flexibility index (Phi) is 3.11. The molecule has 0 unspecified atom stereocenters. The molecule has 2 rings (SSSR count). The summed E-state index contributed by atoms with van der Waals surface area (Å²) in [4.78, 5) is 22.5. The second kappa shape index (κ2) is 4.44. The number of amides is 1. The van der Waals surface area contributed by atoms with Gasteiger partial charge in [-0.25, -0.2) is 0 Å². The summed E-state index contributed by atoms with van der Waals surface area (Å²) in [7, 11) is 0. The van der Waals surface area contributed by atoms with Crippen LogP contribution in [0.15, 0.2) is 4.52 Å². The van der Waals surface area contributed by atoms with Crippen molar-refractivity contribution in [1.29, 1.82) is 0 Å². The van der Waals surface area contributed by atoms with E-state index >= 15 is 0 Å². The molecule has 18 heavy (non-hydrogen) atoms. The van der Waals surface area contributed by atoms with Crippen molar-refractivity contribution in [1.82, 2.24) is 10.5 Å². The van der Waals surface area contributed by atoms with Crippen LogP contribution in [0, 0.1) is 25.7 Å². The molecule has 1 aromatic rings. The maximum absolute atomic E-state index is 11.8. The highest BCUT2D eigenvalue weighted by atomic mass is 16.5. The number of rotatable bonds is 4. The SMILES string of the molecule is Cc1noc(C)c1[C@H](C)NC(=O)[C@H]1C[C@H]1C(=O)O. The smallest absolute Gasteiger partial charge is 0.307 e. The van der Waals surface area contributed by atoms with Crippen LogP contribution >= 0.6 is 0 Å². The summed E-state index contributed by atoms with van der Waals surface area (Å²) in [6, 6.07) is -0.223. The number of carboxylic acids is 1. The average molecular weight is 252 g/mol. The van der Waals surface area contributed by atoms with E-state index in [4.69, 9.17) is 9.63 Å². The van der Waals surface area contributed by atoms with Crippen molar-refractivity contribution < 1.29 is 19.2 Å². The zero-order valence-corrected chi connectivity index (χ0v) is 10.6. The minimum Gasteiger partial charge on any atom is -0.481 e. The van der Waals surface area contributed by atoms with Crippen LogP contribution in [0.1, 0.15) is 36.4 Å². The standard InChI is InChI=1S/C12H16N2O4/c1-5(10-6(2)14-18-7(10)3)13-11(15)8-4-9(8)12(16)17/h5,8-9H,4H2,1-3H3,(H,13,15)(H,16,17)/t5-,8-,9+/m0/s1. The molecule has 1 fully saturated rings. The van der Waals surface area contributed by atoms with E-state index in [0.717, 1.165) is 11.3 Å². The molecule has 1 amide bonds. The minimum atomic E-state index is -0.903. The normalized spacial score (nSPS) is 23.5. The lowest BCUT2D eigenvalue weighted by atomic mass is 10.1. The van der Waals surface area contributed by atoms with E-state index in [0.29, 0.717) is 12.2 Å². The third-order valence-electron chi connectivity index (χ3n) is 3.32. The van der Waals surface area contributed by atoms with Gasteiger partial charge in [-0.05, 0) is 27.2 Å². The number of carboxylic acid groups (broad SMARTS) is 1. The number of aryl methyl sites for hydroxylation is 2. The average Bonchev–Trinajstić information content (AvgIpc) is 3.00. The van der Waals surface area contributed by atoms with Crippen molar-refractivity contribution >= 4 is 11.9 Å². The fourth-order valence-corrected chi connectivity index (χ4v) is 2.26. The predicted octanol–water partition coefficient (Wildman–Crippen LogP) is 1.19. The number of aromatic nitrogens is 1. The van der Waals surface area contributed by atoms with E-state index < -0.39 is 17.8 Å². The Balaban J connectivity index is 1.99. The van der Waals surface area contributed by atoms with E-state index in [1.165, 1.54) is 0 Å². The lowest BCUT2D eigenvalue weighted by Crippen LogP contribution is -2.29. The Hall–Kier alpha value is -1.85. The summed E-state index contributed by atoms with van der Waals surface area (Å²) >= 11 is 0. The summed E-state index contributed by atoms with van der Waals surface area (Å²) < 4.78 is 5.04. The topological polar surface area (TPSA) is 92.4 Å². The summed E-state index contributed by atoms with van der Waals surface area (Å²) in [5.74, 6) is -1.37. The lowest BCUT2D eigenvalue weighted by molar-refractivity contribution is -0.140. The Morgan fingerprint density at radius 2 is 2.11 bits per heavy atom. The number of aliphatic carboxylic acids is 1. The number of hydrogen-bond acceptors (Lipinski definition) is 4. The van der Waals surface area contributed by atoms with Gasteiger partial charge in [0.15, 0.2) is 0 Å². The van der Waals surface area contributed by atoms with Gasteiger partial charge in [-0.15, -0.1) is 0 Å². The molecule has 0 saturated heterocycles. The maximum Gasteiger partial charge on any atom is 0.307 e. The summed E-state index contributed by atoms with van der Waals surface area (Å²) in [6.07, 6.45) is 0.426. The van der Waals surface area contributed by atoms with Crippen LogP contribution in [-0.4, -0.2) is 22.1 Å². The first-order valence-electron chi connectivity index (χ1n) is 5.87. The molecule has 98 valence electrons. The van der Waals surface area contributed by atoms with Crippen molar-refractivity contribution in [3.8, 4) is 0 Å². The first-order chi connectivity index (χ1) is 8.41. The van der Waals surface area contributed by atoms with Crippen LogP contribution in [0.4, 0.5) is 0 Å². The summed E-state index contributed by atoms with van der Waals surface area (Å²) in [5.41, 5.74) is 1.60. The quantitative estimate of drug-likeness (QED) is 0.839. The molecule has 0 aliphatic heterocycles. The predicted molar refractivity (Wildman–Crippen MR) is 61.8 cm³/mol. The molecular weight excluding hydrogens is 236 g/mol. The first-order valence-corrected chi connectivity index (χ1v) is 5.87. The van der Waals surface area contributed by atoms with Crippen LogP contribution in [0.3, 0.4) is 0 Å². The lowest BCUT2D eigenvalue weighted by Gasteiger charge is -2.13. The molecular formula is C12H16N2O4. The number of carbonyl (C=O) groups is 2. The van der Waals surface area contributed by atoms with Crippen LogP contribution in [0.2, 0.25) is 0 Å². The largest absolute Gasteiger partial charge is 0.481 e. The van der Waals surface area contributed by atoms with Gasteiger partial charge in [0.05, 0.1) is 23.6 Å². The van der Waals surface area contributed by atoms with Crippen LogP contribution in [0.5, 0.6) is 0 Å². The summed E-state index contributed by atoms with van der Waals surface area (Å²) in [5, 5.41) is 15.4. The van der Waals surface area contributed by atoms with E-state index in [-0.39, 0.29) is 11.9 Å². The van der Waals surface area contributed by atoms with Crippen molar-refractivity contribution in [2.75, 3.05) is 0 Å². The molecule has 1 heterocycles. The fourth-order valence-electron chi connectivity index (χ4n) is 2.26. The number of hydrogen-bond donors (Lipinski definition) is 2. The zero-order chi connectivity index (χ0) is 13.4.